The van der Waals surface area contributed by atoms with E-state index in [1.54, 1.807) is 0 Å². The van der Waals surface area contributed by atoms with E-state index in [0.29, 0.717) is 0 Å². The fraction of sp³-hybridized carbons (Fsp3) is 0. The average molecular weight is 917 g/mol. The first-order valence-corrected chi connectivity index (χ1v) is 24.6. The Morgan fingerprint density at radius 2 is 0.500 bits per heavy atom. The highest BCUT2D eigenvalue weighted by atomic mass is 15.0. The molecule has 0 aliphatic rings. The summed E-state index contributed by atoms with van der Waals surface area (Å²) in [5.41, 5.74) is 22.0. The molecule has 3 heterocycles. The topological polar surface area (TPSA) is 35.6 Å². The molecule has 14 aromatic rings. The van der Waals surface area contributed by atoms with Gasteiger partial charge in [0.25, 0.3) is 0 Å². The van der Waals surface area contributed by atoms with Crippen LogP contribution in [-0.4, -0.2) is 19.1 Å². The average Bonchev–Trinajstić information content (AvgIpc) is 3.98. The third-order valence-corrected chi connectivity index (χ3v) is 14.4. The van der Waals surface area contributed by atoms with Crippen molar-refractivity contribution in [3.63, 3.8) is 0 Å². The summed E-state index contributed by atoms with van der Waals surface area (Å²) in [6, 6.07) is 95.8. The molecule has 4 nitrogen and oxygen atoms in total. The largest absolute Gasteiger partial charge is 0.309 e. The number of para-hydroxylation sites is 4. The van der Waals surface area contributed by atoms with Crippen LogP contribution in [0.3, 0.4) is 0 Å². The summed E-state index contributed by atoms with van der Waals surface area (Å²) in [6.45, 7) is 0. The lowest BCUT2D eigenvalue weighted by Crippen LogP contribution is -1.96. The third-order valence-electron chi connectivity index (χ3n) is 14.4. The second-order valence-corrected chi connectivity index (χ2v) is 18.6. The van der Waals surface area contributed by atoms with Gasteiger partial charge >= 0.3 is 0 Å². The van der Waals surface area contributed by atoms with Crippen LogP contribution in [0.1, 0.15) is 0 Å². The van der Waals surface area contributed by atoms with E-state index in [1.165, 1.54) is 65.9 Å². The standard InChI is InChI=1S/C68H44N4/c1-3-13-45(14-4-1)47-31-37-55(38-32-47)71-63-21-11-7-17-57(63)59-43-53(35-41-65(59)71)49-23-27-51(28-24-49)67-68(70-62-20-10-9-19-61(62)69-67)52-29-25-50(26-30-52)54-36-42-66-60(44-54)58-18-8-12-22-64(58)72(66)56-39-33-48(34-40-56)46-15-5-2-6-16-46/h1-44H. The maximum atomic E-state index is 5.28. The highest BCUT2D eigenvalue weighted by Crippen LogP contribution is 2.39. The van der Waals surface area contributed by atoms with E-state index in [1.807, 2.05) is 24.3 Å². The fourth-order valence-corrected chi connectivity index (χ4v) is 10.8. The minimum absolute atomic E-state index is 0.857. The molecule has 0 unspecified atom stereocenters. The summed E-state index contributed by atoms with van der Waals surface area (Å²) in [5.74, 6) is 0. The normalized spacial score (nSPS) is 11.6. The zero-order valence-corrected chi connectivity index (χ0v) is 39.2. The molecule has 4 heteroatoms. The Hall–Kier alpha value is -9.64. The van der Waals surface area contributed by atoms with Crippen molar-refractivity contribution in [2.75, 3.05) is 0 Å². The predicted molar refractivity (Wildman–Crippen MR) is 301 cm³/mol. The van der Waals surface area contributed by atoms with Crippen LogP contribution in [0.2, 0.25) is 0 Å². The van der Waals surface area contributed by atoms with Gasteiger partial charge in [0, 0.05) is 44.0 Å². The quantitative estimate of drug-likeness (QED) is 0.152. The fourth-order valence-electron chi connectivity index (χ4n) is 10.8. The molecule has 0 saturated carbocycles. The highest BCUT2D eigenvalue weighted by molar-refractivity contribution is 6.12. The van der Waals surface area contributed by atoms with Crippen molar-refractivity contribution in [1.29, 1.82) is 0 Å². The number of hydrogen-bond donors (Lipinski definition) is 0. The molecule has 0 aliphatic heterocycles. The van der Waals surface area contributed by atoms with Crippen LogP contribution in [-0.2, 0) is 0 Å². The molecular weight excluding hydrogens is 873 g/mol. The highest BCUT2D eigenvalue weighted by Gasteiger charge is 2.18. The van der Waals surface area contributed by atoms with E-state index in [0.717, 1.165) is 67.2 Å². The molecule has 3 aromatic heterocycles. The molecule has 0 spiro atoms. The first kappa shape index (κ1) is 41.3. The van der Waals surface area contributed by atoms with Gasteiger partial charge in [-0.3, -0.25) is 0 Å². The van der Waals surface area contributed by atoms with Crippen molar-refractivity contribution >= 4 is 54.6 Å². The van der Waals surface area contributed by atoms with E-state index in [4.69, 9.17) is 9.97 Å². The number of nitrogens with zero attached hydrogens (tertiary/aromatic N) is 4. The zero-order valence-electron chi connectivity index (χ0n) is 39.2. The maximum absolute atomic E-state index is 5.28. The van der Waals surface area contributed by atoms with Crippen molar-refractivity contribution in [2.24, 2.45) is 0 Å². The molecule has 336 valence electrons. The summed E-state index contributed by atoms with van der Waals surface area (Å²) >= 11 is 0. The van der Waals surface area contributed by atoms with Crippen LogP contribution in [0.5, 0.6) is 0 Å². The van der Waals surface area contributed by atoms with Gasteiger partial charge in [-0.15, -0.1) is 0 Å². The SMILES string of the molecule is c1ccc(-c2ccc(-n3c4ccccc4c4cc(-c5ccc(-c6nc7ccccc7nc6-c6ccc(-c7ccc8c(c7)c7ccccc7n8-c7ccc(-c8ccccc8)cc7)cc6)cc5)ccc43)cc2)cc1. The molecule has 0 radical (unpaired) electrons. The minimum Gasteiger partial charge on any atom is -0.309 e. The molecule has 72 heavy (non-hydrogen) atoms. The lowest BCUT2D eigenvalue weighted by atomic mass is 9.97. The number of benzene rings is 11. The Morgan fingerprint density at radius 1 is 0.208 bits per heavy atom. The minimum atomic E-state index is 0.857. The molecule has 0 aliphatic carbocycles. The van der Waals surface area contributed by atoms with Crippen LogP contribution in [0, 0.1) is 0 Å². The summed E-state index contributed by atoms with van der Waals surface area (Å²) in [6.07, 6.45) is 0. The van der Waals surface area contributed by atoms with Gasteiger partial charge in [0.15, 0.2) is 0 Å². The molecule has 0 fully saturated rings. The van der Waals surface area contributed by atoms with Gasteiger partial charge in [0.1, 0.15) is 0 Å². The molecule has 0 N–H and O–H groups in total. The Labute approximate surface area is 417 Å². The Balaban J connectivity index is 0.788. The summed E-state index contributed by atoms with van der Waals surface area (Å²) in [7, 11) is 0. The molecule has 0 atom stereocenters. The van der Waals surface area contributed by atoms with E-state index < -0.39 is 0 Å². The van der Waals surface area contributed by atoms with Gasteiger partial charge in [-0.1, -0.05) is 194 Å². The van der Waals surface area contributed by atoms with E-state index >= 15 is 0 Å². The lowest BCUT2D eigenvalue weighted by Gasteiger charge is -2.12. The second kappa shape index (κ2) is 17.1. The van der Waals surface area contributed by atoms with Gasteiger partial charge in [0.05, 0.1) is 44.5 Å². The summed E-state index contributed by atoms with van der Waals surface area (Å²) in [4.78, 5) is 10.6. The summed E-state index contributed by atoms with van der Waals surface area (Å²) < 4.78 is 4.76. The van der Waals surface area contributed by atoms with Crippen LogP contribution in [0.15, 0.2) is 267 Å². The van der Waals surface area contributed by atoms with E-state index in [2.05, 4.69) is 252 Å². The van der Waals surface area contributed by atoms with Crippen molar-refractivity contribution in [3.05, 3.63) is 267 Å². The zero-order chi connectivity index (χ0) is 47.5. The lowest BCUT2D eigenvalue weighted by molar-refractivity contribution is 1.18. The van der Waals surface area contributed by atoms with Gasteiger partial charge in [-0.05, 0) is 117 Å². The van der Waals surface area contributed by atoms with Crippen molar-refractivity contribution in [2.45, 2.75) is 0 Å². The Kier molecular flexibility index (Phi) is 9.82. The molecular formula is C68H44N4. The monoisotopic (exact) mass is 916 g/mol. The molecule has 0 saturated heterocycles. The van der Waals surface area contributed by atoms with Gasteiger partial charge in [-0.25, -0.2) is 9.97 Å². The van der Waals surface area contributed by atoms with Gasteiger partial charge < -0.3 is 9.13 Å². The van der Waals surface area contributed by atoms with Crippen LogP contribution in [0.25, 0.3) is 133 Å². The smallest absolute Gasteiger partial charge is 0.0973 e. The maximum Gasteiger partial charge on any atom is 0.0973 e. The van der Waals surface area contributed by atoms with Gasteiger partial charge in [0.2, 0.25) is 0 Å². The first-order valence-electron chi connectivity index (χ1n) is 24.6. The predicted octanol–water partition coefficient (Wildman–Crippen LogP) is 17.8. The second-order valence-electron chi connectivity index (χ2n) is 18.6. The van der Waals surface area contributed by atoms with Crippen molar-refractivity contribution < 1.29 is 0 Å². The molecule has 0 amide bonds. The van der Waals surface area contributed by atoms with Crippen LogP contribution in [0.4, 0.5) is 0 Å². The summed E-state index contributed by atoms with van der Waals surface area (Å²) in [5, 5.41) is 4.91. The third kappa shape index (κ3) is 7.08. The number of hydrogen-bond acceptors (Lipinski definition) is 2. The van der Waals surface area contributed by atoms with Crippen molar-refractivity contribution in [1.82, 2.24) is 19.1 Å². The Morgan fingerprint density at radius 3 is 0.917 bits per heavy atom. The number of fused-ring (bicyclic) bond motifs is 7. The van der Waals surface area contributed by atoms with E-state index in [-0.39, 0.29) is 0 Å². The molecule has 14 rings (SSSR count). The van der Waals surface area contributed by atoms with Crippen molar-refractivity contribution in [3.8, 4) is 78.4 Å². The van der Waals surface area contributed by atoms with Crippen LogP contribution >= 0.6 is 0 Å². The number of rotatable bonds is 8. The molecule has 0 bridgehead atoms. The number of aromatic nitrogens is 4. The van der Waals surface area contributed by atoms with Gasteiger partial charge in [-0.2, -0.15) is 0 Å². The Bertz CT molecular complexity index is 4040. The van der Waals surface area contributed by atoms with E-state index in [9.17, 15) is 0 Å². The van der Waals surface area contributed by atoms with Crippen LogP contribution < -0.4 is 0 Å². The first-order chi connectivity index (χ1) is 35.7. The molecule has 11 aromatic carbocycles.